The van der Waals surface area contributed by atoms with Crippen molar-refractivity contribution in [1.82, 2.24) is 15.5 Å². The predicted molar refractivity (Wildman–Crippen MR) is 96.9 cm³/mol. The number of carbonyl (C=O) groups excluding carboxylic acids is 3. The van der Waals surface area contributed by atoms with Crippen molar-refractivity contribution in [2.45, 2.75) is 84.7 Å². The quantitative estimate of drug-likeness (QED) is 0.765. The van der Waals surface area contributed by atoms with Crippen LogP contribution >= 0.6 is 0 Å². The fourth-order valence-electron chi connectivity index (χ4n) is 3.94. The average molecular weight is 351 g/mol. The van der Waals surface area contributed by atoms with E-state index in [1.54, 1.807) is 0 Å². The molecule has 1 aliphatic heterocycles. The standard InChI is InChI=1S/C19H33N3O3/c1-7-18(5,6)13-8-10-19(11-9-13)15(24)22(16(25)21-19)12-14(23)20-17(2,3)4/h13H,7-12H2,1-6H3,(H,20,23)(H,21,25). The SMILES string of the molecule is CCC(C)(C)C1CCC2(CC1)NC(=O)N(CC(=O)NC(C)(C)C)C2=O. The monoisotopic (exact) mass is 351 g/mol. The lowest BCUT2D eigenvalue weighted by Gasteiger charge is -2.42. The van der Waals surface area contributed by atoms with Gasteiger partial charge in [-0.3, -0.25) is 14.5 Å². The molecule has 1 aliphatic carbocycles. The number of hydrogen-bond donors (Lipinski definition) is 2. The fourth-order valence-corrected chi connectivity index (χ4v) is 3.94. The van der Waals surface area contributed by atoms with Crippen molar-refractivity contribution in [3.63, 3.8) is 0 Å². The minimum atomic E-state index is -0.806. The minimum absolute atomic E-state index is 0.215. The third-order valence-corrected chi connectivity index (χ3v) is 5.92. The lowest BCUT2D eigenvalue weighted by atomic mass is 9.65. The first kappa shape index (κ1) is 19.7. The van der Waals surface area contributed by atoms with Gasteiger partial charge in [0.2, 0.25) is 5.91 Å². The van der Waals surface area contributed by atoms with Crippen LogP contribution < -0.4 is 10.6 Å². The van der Waals surface area contributed by atoms with Crippen LogP contribution in [0.2, 0.25) is 0 Å². The first-order valence-electron chi connectivity index (χ1n) is 9.35. The van der Waals surface area contributed by atoms with Gasteiger partial charge in [0, 0.05) is 5.54 Å². The van der Waals surface area contributed by atoms with Crippen LogP contribution in [0.3, 0.4) is 0 Å². The maximum Gasteiger partial charge on any atom is 0.325 e. The molecule has 6 heteroatoms. The fraction of sp³-hybridized carbons (Fsp3) is 0.842. The molecule has 1 heterocycles. The van der Waals surface area contributed by atoms with E-state index in [2.05, 4.69) is 31.4 Å². The highest BCUT2D eigenvalue weighted by atomic mass is 16.2. The summed E-state index contributed by atoms with van der Waals surface area (Å²) in [5.74, 6) is 0.00855. The first-order valence-corrected chi connectivity index (χ1v) is 9.35. The van der Waals surface area contributed by atoms with E-state index >= 15 is 0 Å². The van der Waals surface area contributed by atoms with Gasteiger partial charge in [-0.15, -0.1) is 0 Å². The number of rotatable bonds is 4. The highest BCUT2D eigenvalue weighted by Gasteiger charge is 2.53. The van der Waals surface area contributed by atoms with E-state index in [0.717, 1.165) is 24.2 Å². The van der Waals surface area contributed by atoms with Gasteiger partial charge in [0.05, 0.1) is 0 Å². The van der Waals surface area contributed by atoms with E-state index in [-0.39, 0.29) is 23.8 Å². The van der Waals surface area contributed by atoms with Gasteiger partial charge in [0.25, 0.3) is 5.91 Å². The molecule has 0 atom stereocenters. The van der Waals surface area contributed by atoms with Crippen molar-refractivity contribution in [3.8, 4) is 0 Å². The highest BCUT2D eigenvalue weighted by molar-refractivity contribution is 6.09. The molecule has 0 aromatic heterocycles. The van der Waals surface area contributed by atoms with Crippen molar-refractivity contribution in [2.24, 2.45) is 11.3 Å². The number of urea groups is 1. The molecule has 0 bridgehead atoms. The summed E-state index contributed by atoms with van der Waals surface area (Å²) < 4.78 is 0. The van der Waals surface area contributed by atoms with E-state index in [4.69, 9.17) is 0 Å². The van der Waals surface area contributed by atoms with E-state index in [9.17, 15) is 14.4 Å². The molecular formula is C19H33N3O3. The Morgan fingerprint density at radius 3 is 2.24 bits per heavy atom. The average Bonchev–Trinajstić information content (AvgIpc) is 2.70. The summed E-state index contributed by atoms with van der Waals surface area (Å²) in [6.45, 7) is 12.1. The molecule has 25 heavy (non-hydrogen) atoms. The zero-order valence-electron chi connectivity index (χ0n) is 16.5. The largest absolute Gasteiger partial charge is 0.350 e. The smallest absolute Gasteiger partial charge is 0.325 e. The molecule has 4 amide bonds. The van der Waals surface area contributed by atoms with E-state index in [1.165, 1.54) is 0 Å². The predicted octanol–water partition coefficient (Wildman–Crippen LogP) is 2.82. The summed E-state index contributed by atoms with van der Waals surface area (Å²) in [5, 5.41) is 5.68. The van der Waals surface area contributed by atoms with Gasteiger partial charge >= 0.3 is 6.03 Å². The number of amides is 4. The van der Waals surface area contributed by atoms with Gasteiger partial charge in [0.1, 0.15) is 12.1 Å². The molecule has 2 rings (SSSR count). The Kier molecular flexibility index (Phi) is 5.22. The molecular weight excluding hydrogens is 318 g/mol. The molecule has 2 N–H and O–H groups in total. The van der Waals surface area contributed by atoms with Gasteiger partial charge < -0.3 is 10.6 Å². The first-order chi connectivity index (χ1) is 11.4. The molecule has 1 saturated heterocycles. The third-order valence-electron chi connectivity index (χ3n) is 5.92. The maximum absolute atomic E-state index is 12.9. The van der Waals surface area contributed by atoms with Crippen LogP contribution in [0.5, 0.6) is 0 Å². The number of imide groups is 1. The number of hydrogen-bond acceptors (Lipinski definition) is 3. The summed E-state index contributed by atoms with van der Waals surface area (Å²) in [7, 11) is 0. The second kappa shape index (κ2) is 6.61. The Morgan fingerprint density at radius 2 is 1.76 bits per heavy atom. The second-order valence-corrected chi connectivity index (χ2v) is 9.32. The van der Waals surface area contributed by atoms with Gasteiger partial charge in [-0.25, -0.2) is 4.79 Å². The molecule has 1 saturated carbocycles. The summed E-state index contributed by atoms with van der Waals surface area (Å²) in [5.41, 5.74) is -0.948. The summed E-state index contributed by atoms with van der Waals surface area (Å²) >= 11 is 0. The van der Waals surface area contributed by atoms with Crippen LogP contribution in [0.15, 0.2) is 0 Å². The van der Waals surface area contributed by atoms with Crippen molar-refractivity contribution in [2.75, 3.05) is 6.54 Å². The van der Waals surface area contributed by atoms with Gasteiger partial charge in [-0.2, -0.15) is 0 Å². The molecule has 142 valence electrons. The topological polar surface area (TPSA) is 78.5 Å². The lowest BCUT2D eigenvalue weighted by molar-refractivity contribution is -0.136. The molecule has 0 radical (unpaired) electrons. The van der Waals surface area contributed by atoms with E-state index in [1.807, 2.05) is 20.8 Å². The van der Waals surface area contributed by atoms with Crippen molar-refractivity contribution < 1.29 is 14.4 Å². The zero-order chi connectivity index (χ0) is 19.0. The van der Waals surface area contributed by atoms with Crippen molar-refractivity contribution in [1.29, 1.82) is 0 Å². The molecule has 1 spiro atoms. The van der Waals surface area contributed by atoms with Crippen LogP contribution in [0.1, 0.15) is 73.6 Å². The van der Waals surface area contributed by atoms with Crippen LogP contribution in [-0.2, 0) is 9.59 Å². The lowest BCUT2D eigenvalue weighted by Crippen LogP contribution is -2.51. The second-order valence-electron chi connectivity index (χ2n) is 9.32. The molecule has 2 fully saturated rings. The third kappa shape index (κ3) is 4.15. The number of nitrogens with zero attached hydrogens (tertiary/aromatic N) is 1. The van der Waals surface area contributed by atoms with Crippen molar-refractivity contribution >= 4 is 17.8 Å². The van der Waals surface area contributed by atoms with Crippen molar-refractivity contribution in [3.05, 3.63) is 0 Å². The van der Waals surface area contributed by atoms with Gasteiger partial charge in [-0.05, 0) is 57.8 Å². The molecule has 0 unspecified atom stereocenters. The highest BCUT2D eigenvalue weighted by Crippen LogP contribution is 2.45. The maximum atomic E-state index is 12.9. The Labute approximate surface area is 151 Å². The van der Waals surface area contributed by atoms with Crippen LogP contribution in [0.4, 0.5) is 4.79 Å². The Hall–Kier alpha value is -1.59. The zero-order valence-corrected chi connectivity index (χ0v) is 16.5. The summed E-state index contributed by atoms with van der Waals surface area (Å²) in [4.78, 5) is 38.4. The Balaban J connectivity index is 2.03. The minimum Gasteiger partial charge on any atom is -0.350 e. The Bertz CT molecular complexity index is 555. The normalized spacial score (nSPS) is 27.6. The summed E-state index contributed by atoms with van der Waals surface area (Å²) in [6, 6.07) is -0.442. The Morgan fingerprint density at radius 1 is 1.20 bits per heavy atom. The van der Waals surface area contributed by atoms with Crippen LogP contribution in [0, 0.1) is 11.3 Å². The molecule has 2 aliphatic rings. The number of carbonyl (C=O) groups is 3. The number of nitrogens with one attached hydrogen (secondary N) is 2. The molecule has 6 nitrogen and oxygen atoms in total. The van der Waals surface area contributed by atoms with Crippen LogP contribution in [0.25, 0.3) is 0 Å². The summed E-state index contributed by atoms with van der Waals surface area (Å²) in [6.07, 6.45) is 4.26. The van der Waals surface area contributed by atoms with E-state index < -0.39 is 17.1 Å². The van der Waals surface area contributed by atoms with E-state index in [0.29, 0.717) is 18.8 Å². The molecule has 0 aromatic rings. The van der Waals surface area contributed by atoms with Gasteiger partial charge in [0.15, 0.2) is 0 Å². The van der Waals surface area contributed by atoms with Crippen LogP contribution in [-0.4, -0.2) is 40.4 Å². The van der Waals surface area contributed by atoms with Gasteiger partial charge in [-0.1, -0.05) is 27.2 Å². The molecule has 0 aromatic carbocycles.